The maximum atomic E-state index is 11.8. The number of carbonyl (C=O) groups is 1. The number of hydrogen-bond donors (Lipinski definition) is 0. The zero-order valence-corrected chi connectivity index (χ0v) is 10.0. The lowest BCUT2D eigenvalue weighted by Crippen LogP contribution is -2.33. The minimum atomic E-state index is -4.43. The Labute approximate surface area is 102 Å². The fraction of sp³-hybridized carbons (Fsp3) is 0.545. The molecule has 0 N–H and O–H groups in total. The lowest BCUT2D eigenvalue weighted by atomic mass is 10.2. The molecule has 0 radical (unpaired) electrons. The van der Waals surface area contributed by atoms with Gasteiger partial charge in [-0.1, -0.05) is 0 Å². The van der Waals surface area contributed by atoms with Gasteiger partial charge in [0.25, 0.3) is 0 Å². The molecule has 1 amide bonds. The molecule has 0 spiro atoms. The second-order valence-electron chi connectivity index (χ2n) is 3.80. The van der Waals surface area contributed by atoms with Crippen LogP contribution in [0.2, 0.25) is 0 Å². The summed E-state index contributed by atoms with van der Waals surface area (Å²) in [6.07, 6.45) is -2.96. The van der Waals surface area contributed by atoms with E-state index in [2.05, 4.69) is 4.74 Å². The van der Waals surface area contributed by atoms with Gasteiger partial charge in [0, 0.05) is 7.05 Å². The molecule has 1 aromatic heterocycles. The molecule has 0 saturated carbocycles. The second kappa shape index (κ2) is 5.90. The van der Waals surface area contributed by atoms with Crippen LogP contribution in [0.3, 0.4) is 0 Å². The summed E-state index contributed by atoms with van der Waals surface area (Å²) in [5, 5.41) is 0. The monoisotopic (exact) mass is 265 g/mol. The number of halogens is 3. The molecule has 0 fully saturated rings. The van der Waals surface area contributed by atoms with E-state index < -0.39 is 25.3 Å². The zero-order valence-electron chi connectivity index (χ0n) is 10.0. The summed E-state index contributed by atoms with van der Waals surface area (Å²) in [6, 6.07) is 3.00. The van der Waals surface area contributed by atoms with Gasteiger partial charge in [0.2, 0.25) is 5.91 Å². The van der Waals surface area contributed by atoms with Gasteiger partial charge < -0.3 is 14.1 Å². The molecule has 0 aromatic carbocycles. The van der Waals surface area contributed by atoms with Gasteiger partial charge in [0.1, 0.15) is 19.0 Å². The molecule has 7 heteroatoms. The zero-order chi connectivity index (χ0) is 13.8. The van der Waals surface area contributed by atoms with Crippen LogP contribution >= 0.6 is 0 Å². The van der Waals surface area contributed by atoms with Crippen LogP contribution < -0.4 is 0 Å². The molecule has 4 nitrogen and oxygen atoms in total. The first-order valence-electron chi connectivity index (χ1n) is 5.25. The molecule has 1 rings (SSSR count). The molecule has 0 aliphatic heterocycles. The molecule has 0 aliphatic carbocycles. The number of rotatable bonds is 5. The Morgan fingerprint density at radius 2 is 2.22 bits per heavy atom. The number of carbonyl (C=O) groups excluding carboxylic acids is 1. The number of hydrogen-bond acceptors (Lipinski definition) is 3. The largest absolute Gasteiger partial charge is 0.467 e. The summed E-state index contributed by atoms with van der Waals surface area (Å²) in [7, 11) is 1.48. The third kappa shape index (κ3) is 4.40. The molecule has 1 atom stereocenters. The van der Waals surface area contributed by atoms with Crippen LogP contribution in [0.4, 0.5) is 13.2 Å². The van der Waals surface area contributed by atoms with E-state index in [-0.39, 0.29) is 6.04 Å². The number of alkyl halides is 3. The van der Waals surface area contributed by atoms with Crippen LogP contribution in [0, 0.1) is 0 Å². The topological polar surface area (TPSA) is 42.7 Å². The quantitative estimate of drug-likeness (QED) is 0.820. The van der Waals surface area contributed by atoms with Gasteiger partial charge in [0.05, 0.1) is 12.3 Å². The van der Waals surface area contributed by atoms with E-state index in [1.165, 1.54) is 18.2 Å². The van der Waals surface area contributed by atoms with Crippen LogP contribution in [0.25, 0.3) is 0 Å². The van der Waals surface area contributed by atoms with Crippen molar-refractivity contribution in [2.75, 3.05) is 20.3 Å². The average Bonchev–Trinajstić information content (AvgIpc) is 2.78. The van der Waals surface area contributed by atoms with Crippen LogP contribution in [-0.4, -0.2) is 37.2 Å². The van der Waals surface area contributed by atoms with Gasteiger partial charge in [-0.25, -0.2) is 0 Å². The molecule has 0 bridgehead atoms. The van der Waals surface area contributed by atoms with Crippen molar-refractivity contribution in [1.82, 2.24) is 4.90 Å². The summed E-state index contributed by atoms with van der Waals surface area (Å²) in [4.78, 5) is 12.8. The third-order valence-corrected chi connectivity index (χ3v) is 2.42. The Balaban J connectivity index is 2.42. The summed E-state index contributed by atoms with van der Waals surface area (Å²) in [5.41, 5.74) is 0. The van der Waals surface area contributed by atoms with E-state index in [4.69, 9.17) is 4.42 Å². The number of ether oxygens (including phenoxy) is 1. The molecule has 1 unspecified atom stereocenters. The van der Waals surface area contributed by atoms with E-state index in [1.807, 2.05) is 0 Å². The first-order valence-corrected chi connectivity index (χ1v) is 5.25. The van der Waals surface area contributed by atoms with Crippen molar-refractivity contribution >= 4 is 5.91 Å². The fourth-order valence-electron chi connectivity index (χ4n) is 1.29. The Kier molecular flexibility index (Phi) is 4.77. The minimum Gasteiger partial charge on any atom is -0.467 e. The molecule has 1 heterocycles. The van der Waals surface area contributed by atoms with Crippen LogP contribution in [0.1, 0.15) is 18.7 Å². The molecule has 0 aliphatic rings. The molecule has 102 valence electrons. The van der Waals surface area contributed by atoms with Crippen LogP contribution in [0.15, 0.2) is 22.8 Å². The lowest BCUT2D eigenvalue weighted by Gasteiger charge is -2.23. The van der Waals surface area contributed by atoms with Gasteiger partial charge in [-0.3, -0.25) is 4.79 Å². The third-order valence-electron chi connectivity index (χ3n) is 2.42. The van der Waals surface area contributed by atoms with Gasteiger partial charge >= 0.3 is 6.18 Å². The van der Waals surface area contributed by atoms with Crippen molar-refractivity contribution < 1.29 is 27.1 Å². The van der Waals surface area contributed by atoms with Crippen molar-refractivity contribution in [1.29, 1.82) is 0 Å². The van der Waals surface area contributed by atoms with E-state index in [0.29, 0.717) is 5.76 Å². The molecule has 1 aromatic rings. The smallest absolute Gasteiger partial charge is 0.411 e. The van der Waals surface area contributed by atoms with Crippen molar-refractivity contribution in [3.63, 3.8) is 0 Å². The van der Waals surface area contributed by atoms with E-state index >= 15 is 0 Å². The maximum Gasteiger partial charge on any atom is 0.411 e. The Morgan fingerprint density at radius 1 is 1.56 bits per heavy atom. The highest BCUT2D eigenvalue weighted by molar-refractivity contribution is 5.77. The highest BCUT2D eigenvalue weighted by Gasteiger charge is 2.28. The van der Waals surface area contributed by atoms with Crippen molar-refractivity contribution in [3.8, 4) is 0 Å². The number of likely N-dealkylation sites (N-methyl/N-ethyl adjacent to an activating group) is 1. The Hall–Kier alpha value is -1.50. The predicted octanol–water partition coefficient (Wildman–Crippen LogP) is 2.38. The number of furan rings is 1. The van der Waals surface area contributed by atoms with Gasteiger partial charge in [-0.15, -0.1) is 0 Å². The Morgan fingerprint density at radius 3 is 2.72 bits per heavy atom. The maximum absolute atomic E-state index is 11.8. The van der Waals surface area contributed by atoms with E-state index in [1.54, 1.807) is 19.1 Å². The first kappa shape index (κ1) is 14.6. The van der Waals surface area contributed by atoms with Crippen LogP contribution in [0.5, 0.6) is 0 Å². The van der Waals surface area contributed by atoms with Crippen molar-refractivity contribution in [2.45, 2.75) is 19.1 Å². The summed E-state index contributed by atoms with van der Waals surface area (Å²) in [6.45, 7) is -0.330. The highest BCUT2D eigenvalue weighted by atomic mass is 19.4. The first-order chi connectivity index (χ1) is 8.31. The Bertz CT molecular complexity index is 375. The summed E-state index contributed by atoms with van der Waals surface area (Å²) < 4.78 is 44.9. The molecular weight excluding hydrogens is 251 g/mol. The van der Waals surface area contributed by atoms with E-state index in [0.717, 1.165) is 0 Å². The lowest BCUT2D eigenvalue weighted by molar-refractivity contribution is -0.178. The van der Waals surface area contributed by atoms with Crippen LogP contribution in [-0.2, 0) is 9.53 Å². The summed E-state index contributed by atoms with van der Waals surface area (Å²) >= 11 is 0. The SMILES string of the molecule is CC(c1ccco1)N(C)C(=O)COCC(F)(F)F. The minimum absolute atomic E-state index is 0.359. The molecule has 18 heavy (non-hydrogen) atoms. The normalized spacial score (nSPS) is 13.4. The fourth-order valence-corrected chi connectivity index (χ4v) is 1.29. The number of amides is 1. The van der Waals surface area contributed by atoms with Gasteiger partial charge in [0.15, 0.2) is 0 Å². The van der Waals surface area contributed by atoms with Crippen molar-refractivity contribution in [2.24, 2.45) is 0 Å². The average molecular weight is 265 g/mol. The number of nitrogens with zero attached hydrogens (tertiary/aromatic N) is 1. The van der Waals surface area contributed by atoms with Crippen molar-refractivity contribution in [3.05, 3.63) is 24.2 Å². The van der Waals surface area contributed by atoms with Gasteiger partial charge in [-0.05, 0) is 19.1 Å². The highest BCUT2D eigenvalue weighted by Crippen LogP contribution is 2.19. The standard InChI is InChI=1S/C11H14F3NO3/c1-8(9-4-3-5-18-9)15(2)10(16)6-17-7-11(12,13)14/h3-5,8H,6-7H2,1-2H3. The molecular formula is C11H14F3NO3. The molecule has 0 saturated heterocycles. The van der Waals surface area contributed by atoms with E-state index in [9.17, 15) is 18.0 Å². The van der Waals surface area contributed by atoms with Gasteiger partial charge in [-0.2, -0.15) is 13.2 Å². The predicted molar refractivity (Wildman–Crippen MR) is 56.8 cm³/mol. The second-order valence-corrected chi connectivity index (χ2v) is 3.80. The summed E-state index contributed by atoms with van der Waals surface area (Å²) in [5.74, 6) is 0.0184.